The van der Waals surface area contributed by atoms with E-state index in [0.717, 1.165) is 39.0 Å². The number of aromatic nitrogens is 1. The van der Waals surface area contributed by atoms with Crippen LogP contribution in [0.3, 0.4) is 0 Å². The van der Waals surface area contributed by atoms with Gasteiger partial charge in [0.15, 0.2) is 5.13 Å². The van der Waals surface area contributed by atoms with Crippen LogP contribution < -0.4 is 10.2 Å². The van der Waals surface area contributed by atoms with Gasteiger partial charge >= 0.3 is 6.03 Å². The smallest absolute Gasteiger partial charge is 0.317 e. The zero-order valence-corrected chi connectivity index (χ0v) is 17.9. The second-order valence-electron chi connectivity index (χ2n) is 7.38. The standard InChI is InChI=1S/C23H21ClN4OS/c24-18-8-9-20-21(14-18)30-23(26-20)28-12-10-27(11-13-28)22(29)25-15-17-6-3-5-16-4-1-2-7-19(16)17/h1-9,14H,10-13,15H2,(H,25,29). The molecule has 2 amide bonds. The molecule has 1 aromatic heterocycles. The Morgan fingerprint density at radius 1 is 1.03 bits per heavy atom. The summed E-state index contributed by atoms with van der Waals surface area (Å²) in [5, 5.41) is 7.17. The van der Waals surface area contributed by atoms with Crippen LogP contribution in [0.15, 0.2) is 60.7 Å². The Kier molecular flexibility index (Phi) is 5.19. The van der Waals surface area contributed by atoms with Crippen LogP contribution in [0.4, 0.5) is 9.93 Å². The fourth-order valence-corrected chi connectivity index (χ4v) is 5.14. The second-order valence-corrected chi connectivity index (χ2v) is 8.83. The molecule has 1 saturated heterocycles. The number of nitrogens with one attached hydrogen (secondary N) is 1. The van der Waals surface area contributed by atoms with Gasteiger partial charge in [-0.3, -0.25) is 0 Å². The molecule has 1 N–H and O–H groups in total. The van der Waals surface area contributed by atoms with Crippen molar-refractivity contribution in [1.29, 1.82) is 0 Å². The maximum Gasteiger partial charge on any atom is 0.317 e. The summed E-state index contributed by atoms with van der Waals surface area (Å²) in [6.45, 7) is 3.43. The molecule has 0 saturated carbocycles. The highest BCUT2D eigenvalue weighted by atomic mass is 35.5. The molecule has 0 spiro atoms. The molecule has 30 heavy (non-hydrogen) atoms. The summed E-state index contributed by atoms with van der Waals surface area (Å²) >= 11 is 7.74. The van der Waals surface area contributed by atoms with E-state index in [1.54, 1.807) is 11.3 Å². The first-order valence-corrected chi connectivity index (χ1v) is 11.2. The summed E-state index contributed by atoms with van der Waals surface area (Å²) in [6.07, 6.45) is 0. The van der Waals surface area contributed by atoms with Gasteiger partial charge in [-0.15, -0.1) is 0 Å². The van der Waals surface area contributed by atoms with Crippen molar-refractivity contribution in [1.82, 2.24) is 15.2 Å². The van der Waals surface area contributed by atoms with E-state index in [2.05, 4.69) is 34.5 Å². The average molecular weight is 437 g/mol. The highest BCUT2D eigenvalue weighted by Gasteiger charge is 2.23. The van der Waals surface area contributed by atoms with E-state index in [0.29, 0.717) is 19.6 Å². The fourth-order valence-electron chi connectivity index (χ4n) is 3.85. The van der Waals surface area contributed by atoms with Crippen molar-refractivity contribution in [3.8, 4) is 0 Å². The Hall–Kier alpha value is -2.83. The van der Waals surface area contributed by atoms with E-state index < -0.39 is 0 Å². The van der Waals surface area contributed by atoms with Gasteiger partial charge in [0.2, 0.25) is 0 Å². The predicted molar refractivity (Wildman–Crippen MR) is 125 cm³/mol. The largest absolute Gasteiger partial charge is 0.345 e. The van der Waals surface area contributed by atoms with E-state index in [1.807, 2.05) is 41.3 Å². The zero-order chi connectivity index (χ0) is 20.5. The summed E-state index contributed by atoms with van der Waals surface area (Å²) in [6, 6.07) is 20.2. The van der Waals surface area contributed by atoms with Gasteiger partial charge in [-0.05, 0) is 34.5 Å². The van der Waals surface area contributed by atoms with Gasteiger partial charge < -0.3 is 15.1 Å². The Labute approximate surface area is 183 Å². The lowest BCUT2D eigenvalue weighted by Crippen LogP contribution is -2.51. The van der Waals surface area contributed by atoms with Gasteiger partial charge in [0.05, 0.1) is 10.2 Å². The van der Waals surface area contributed by atoms with Crippen molar-refractivity contribution in [2.24, 2.45) is 0 Å². The summed E-state index contributed by atoms with van der Waals surface area (Å²) in [5.41, 5.74) is 2.10. The molecular formula is C23H21ClN4OS. The molecule has 5 nitrogen and oxygen atoms in total. The number of carbonyl (C=O) groups is 1. The minimum absolute atomic E-state index is 0.0151. The number of halogens is 1. The molecule has 1 aliphatic rings. The average Bonchev–Trinajstić information content (AvgIpc) is 3.20. The molecule has 0 bridgehead atoms. The topological polar surface area (TPSA) is 48.5 Å². The third-order valence-corrected chi connectivity index (χ3v) is 6.80. The van der Waals surface area contributed by atoms with E-state index in [9.17, 15) is 4.79 Å². The molecule has 1 fully saturated rings. The maximum atomic E-state index is 12.7. The Morgan fingerprint density at radius 2 is 1.83 bits per heavy atom. The van der Waals surface area contributed by atoms with E-state index in [4.69, 9.17) is 16.6 Å². The van der Waals surface area contributed by atoms with Gasteiger partial charge in [0, 0.05) is 37.7 Å². The lowest BCUT2D eigenvalue weighted by atomic mass is 10.0. The van der Waals surface area contributed by atoms with E-state index >= 15 is 0 Å². The molecule has 7 heteroatoms. The number of hydrogen-bond donors (Lipinski definition) is 1. The summed E-state index contributed by atoms with van der Waals surface area (Å²) < 4.78 is 1.09. The number of fused-ring (bicyclic) bond motifs is 2. The summed E-state index contributed by atoms with van der Waals surface area (Å²) in [5.74, 6) is 0. The molecule has 4 aromatic rings. The van der Waals surface area contributed by atoms with Crippen LogP contribution in [0.1, 0.15) is 5.56 Å². The number of anilines is 1. The van der Waals surface area contributed by atoms with Crippen molar-refractivity contribution in [2.75, 3.05) is 31.1 Å². The number of carbonyl (C=O) groups excluding carboxylic acids is 1. The van der Waals surface area contributed by atoms with E-state index in [1.165, 1.54) is 10.8 Å². The van der Waals surface area contributed by atoms with Crippen molar-refractivity contribution in [3.05, 3.63) is 71.2 Å². The molecular weight excluding hydrogens is 416 g/mol. The van der Waals surface area contributed by atoms with Crippen molar-refractivity contribution < 1.29 is 4.79 Å². The molecule has 152 valence electrons. The number of rotatable bonds is 3. The van der Waals surface area contributed by atoms with Crippen molar-refractivity contribution in [3.63, 3.8) is 0 Å². The number of benzene rings is 3. The number of thiazole rings is 1. The molecule has 0 atom stereocenters. The molecule has 0 radical (unpaired) electrons. The minimum Gasteiger partial charge on any atom is -0.345 e. The lowest BCUT2D eigenvalue weighted by molar-refractivity contribution is 0.194. The van der Waals surface area contributed by atoms with Gasteiger partial charge in [-0.25, -0.2) is 9.78 Å². The fraction of sp³-hybridized carbons (Fsp3) is 0.217. The quantitative estimate of drug-likeness (QED) is 0.484. The van der Waals surface area contributed by atoms with Crippen LogP contribution >= 0.6 is 22.9 Å². The summed E-state index contributed by atoms with van der Waals surface area (Å²) in [4.78, 5) is 21.5. The first kappa shape index (κ1) is 19.2. The maximum absolute atomic E-state index is 12.7. The van der Waals surface area contributed by atoms with E-state index in [-0.39, 0.29) is 6.03 Å². The van der Waals surface area contributed by atoms with Gasteiger partial charge in [0.25, 0.3) is 0 Å². The SMILES string of the molecule is O=C(NCc1cccc2ccccc12)N1CCN(c2nc3ccc(Cl)cc3s2)CC1. The molecule has 5 rings (SSSR count). The lowest BCUT2D eigenvalue weighted by Gasteiger charge is -2.34. The predicted octanol–water partition coefficient (Wildman–Crippen LogP) is 5.13. The van der Waals surface area contributed by atoms with Gasteiger partial charge in [0.1, 0.15) is 0 Å². The van der Waals surface area contributed by atoms with Gasteiger partial charge in [-0.2, -0.15) is 0 Å². The monoisotopic (exact) mass is 436 g/mol. The van der Waals surface area contributed by atoms with Crippen LogP contribution in [0.25, 0.3) is 21.0 Å². The van der Waals surface area contributed by atoms with Crippen LogP contribution in [-0.4, -0.2) is 42.1 Å². The molecule has 2 heterocycles. The minimum atomic E-state index is -0.0151. The third kappa shape index (κ3) is 3.80. The third-order valence-electron chi connectivity index (χ3n) is 5.49. The number of amides is 2. The highest BCUT2D eigenvalue weighted by molar-refractivity contribution is 7.22. The van der Waals surface area contributed by atoms with Gasteiger partial charge in [-0.1, -0.05) is 65.4 Å². The van der Waals surface area contributed by atoms with Crippen molar-refractivity contribution >= 4 is 55.1 Å². The van der Waals surface area contributed by atoms with Crippen molar-refractivity contribution in [2.45, 2.75) is 6.54 Å². The molecule has 1 aliphatic heterocycles. The molecule has 3 aromatic carbocycles. The molecule has 0 aliphatic carbocycles. The Balaban J connectivity index is 1.20. The number of urea groups is 1. The number of hydrogen-bond acceptors (Lipinski definition) is 4. The first-order valence-electron chi connectivity index (χ1n) is 9.98. The highest BCUT2D eigenvalue weighted by Crippen LogP contribution is 2.31. The number of nitrogens with zero attached hydrogens (tertiary/aromatic N) is 3. The summed E-state index contributed by atoms with van der Waals surface area (Å²) in [7, 11) is 0. The van der Waals surface area contributed by atoms with Crippen LogP contribution in [0.5, 0.6) is 0 Å². The Bertz CT molecular complexity index is 1210. The first-order chi connectivity index (χ1) is 14.7. The molecule has 0 unspecified atom stereocenters. The zero-order valence-electron chi connectivity index (χ0n) is 16.3. The normalized spacial score (nSPS) is 14.4. The van der Waals surface area contributed by atoms with Crippen LogP contribution in [0, 0.1) is 0 Å². The number of piperazine rings is 1. The van der Waals surface area contributed by atoms with Crippen LogP contribution in [0.2, 0.25) is 5.02 Å². The van der Waals surface area contributed by atoms with Crippen LogP contribution in [-0.2, 0) is 6.54 Å². The second kappa shape index (κ2) is 8.13. The Morgan fingerprint density at radius 3 is 2.70 bits per heavy atom.